The van der Waals surface area contributed by atoms with Gasteiger partial charge in [0.2, 0.25) is 0 Å². The number of ether oxygens (including phenoxy) is 1. The Bertz CT molecular complexity index is 1110. The number of carbonyl (C=O) groups excluding carboxylic acids is 1. The first-order valence-electron chi connectivity index (χ1n) is 10.3. The van der Waals surface area contributed by atoms with Crippen LogP contribution in [-0.4, -0.2) is 39.3 Å². The van der Waals surface area contributed by atoms with Crippen molar-refractivity contribution in [3.05, 3.63) is 77.0 Å². The fourth-order valence-corrected chi connectivity index (χ4v) is 4.03. The molecule has 1 unspecified atom stereocenters. The molecule has 4 rings (SSSR count). The van der Waals surface area contributed by atoms with Crippen LogP contribution in [0.25, 0.3) is 11.3 Å². The molecule has 1 atom stereocenters. The first-order valence-corrected chi connectivity index (χ1v) is 10.6. The number of amides is 1. The fraction of sp³-hybridized carbons (Fsp3) is 0.250. The molecule has 0 fully saturated rings. The van der Waals surface area contributed by atoms with E-state index in [0.717, 1.165) is 24.2 Å². The quantitative estimate of drug-likeness (QED) is 0.368. The number of hydrogen-bond acceptors (Lipinski definition) is 4. The molecule has 0 aliphatic carbocycles. The molecule has 160 valence electrons. The van der Waals surface area contributed by atoms with Gasteiger partial charge in [-0.1, -0.05) is 43.2 Å². The number of rotatable bonds is 8. The number of aromatic amines is 1. The minimum Gasteiger partial charge on any atom is -0.507 e. The zero-order valence-corrected chi connectivity index (χ0v) is 18.0. The van der Waals surface area contributed by atoms with Crippen LogP contribution in [0.3, 0.4) is 0 Å². The number of nitrogens with one attached hydrogen (secondary N) is 1. The van der Waals surface area contributed by atoms with Crippen molar-refractivity contribution in [2.24, 2.45) is 0 Å². The van der Waals surface area contributed by atoms with E-state index in [1.807, 2.05) is 24.3 Å². The van der Waals surface area contributed by atoms with E-state index < -0.39 is 0 Å². The fourth-order valence-electron chi connectivity index (χ4n) is 3.85. The van der Waals surface area contributed by atoms with Gasteiger partial charge in [-0.15, -0.1) is 6.58 Å². The van der Waals surface area contributed by atoms with Gasteiger partial charge in [0.05, 0.1) is 12.6 Å². The summed E-state index contributed by atoms with van der Waals surface area (Å²) >= 11 is 6.16. The van der Waals surface area contributed by atoms with Gasteiger partial charge >= 0.3 is 0 Å². The largest absolute Gasteiger partial charge is 0.507 e. The molecular formula is C24H24ClN3O3. The molecule has 0 saturated carbocycles. The minimum atomic E-state index is -0.377. The highest BCUT2D eigenvalue weighted by Crippen LogP contribution is 2.45. The van der Waals surface area contributed by atoms with Crippen LogP contribution in [0, 0.1) is 0 Å². The molecule has 6 nitrogen and oxygen atoms in total. The standard InChI is InChI=1S/C24H24ClN3O3/c1-3-5-13-31-17-9-6-15(7-10-17)23-20-21(18-14-16(25)8-11-19(18)29)26-27-22(20)24(30)28(23)12-4-2/h4,6-11,14,23,29H,2-3,5,12-13H2,1H3,(H,26,27). The summed E-state index contributed by atoms with van der Waals surface area (Å²) < 4.78 is 5.77. The smallest absolute Gasteiger partial charge is 0.273 e. The number of H-pyrrole nitrogens is 1. The number of hydrogen-bond donors (Lipinski definition) is 2. The summed E-state index contributed by atoms with van der Waals surface area (Å²) in [4.78, 5) is 14.8. The zero-order valence-electron chi connectivity index (χ0n) is 17.3. The molecule has 1 amide bonds. The Morgan fingerprint density at radius 1 is 1.29 bits per heavy atom. The Balaban J connectivity index is 1.77. The molecule has 2 heterocycles. The van der Waals surface area contributed by atoms with E-state index in [9.17, 15) is 9.90 Å². The van der Waals surface area contributed by atoms with E-state index in [4.69, 9.17) is 16.3 Å². The third-order valence-corrected chi connectivity index (χ3v) is 5.60. The summed E-state index contributed by atoms with van der Waals surface area (Å²) in [7, 11) is 0. The maximum Gasteiger partial charge on any atom is 0.273 e. The summed E-state index contributed by atoms with van der Waals surface area (Å²) in [5.41, 5.74) is 3.01. The number of aromatic nitrogens is 2. The van der Waals surface area contributed by atoms with Crippen molar-refractivity contribution in [3.8, 4) is 22.8 Å². The van der Waals surface area contributed by atoms with Gasteiger partial charge in [-0.2, -0.15) is 5.10 Å². The predicted molar refractivity (Wildman–Crippen MR) is 121 cm³/mol. The molecule has 2 N–H and O–H groups in total. The van der Waals surface area contributed by atoms with Gasteiger partial charge in [0.1, 0.15) is 22.9 Å². The van der Waals surface area contributed by atoms with Gasteiger partial charge in [-0.25, -0.2) is 0 Å². The summed E-state index contributed by atoms with van der Waals surface area (Å²) in [6, 6.07) is 12.1. The first kappa shape index (κ1) is 21.0. The number of unbranched alkanes of at least 4 members (excludes halogenated alkanes) is 1. The van der Waals surface area contributed by atoms with Crippen LogP contribution in [-0.2, 0) is 0 Å². The lowest BCUT2D eigenvalue weighted by Gasteiger charge is -2.25. The molecule has 1 aliphatic rings. The SMILES string of the molecule is C=CCN1C(=O)c2[nH]nc(-c3cc(Cl)ccc3O)c2C1c1ccc(OCCCC)cc1. The first-order chi connectivity index (χ1) is 15.0. The Morgan fingerprint density at radius 3 is 2.77 bits per heavy atom. The van der Waals surface area contributed by atoms with Crippen molar-refractivity contribution in [3.63, 3.8) is 0 Å². The molecule has 0 radical (unpaired) electrons. The van der Waals surface area contributed by atoms with E-state index in [2.05, 4.69) is 23.7 Å². The van der Waals surface area contributed by atoms with Crippen LogP contribution in [0.15, 0.2) is 55.1 Å². The summed E-state index contributed by atoms with van der Waals surface area (Å²) in [5, 5.41) is 18.1. The highest BCUT2D eigenvalue weighted by Gasteiger charge is 2.42. The van der Waals surface area contributed by atoms with Crippen molar-refractivity contribution in [2.75, 3.05) is 13.2 Å². The highest BCUT2D eigenvalue weighted by molar-refractivity contribution is 6.31. The average molecular weight is 438 g/mol. The lowest BCUT2D eigenvalue weighted by molar-refractivity contribution is 0.0764. The minimum absolute atomic E-state index is 0.0479. The number of carbonyl (C=O) groups is 1. The van der Waals surface area contributed by atoms with Gasteiger partial charge in [0.25, 0.3) is 5.91 Å². The Kier molecular flexibility index (Phi) is 6.00. The topological polar surface area (TPSA) is 78.5 Å². The molecule has 0 saturated heterocycles. The van der Waals surface area contributed by atoms with Crippen molar-refractivity contribution >= 4 is 17.5 Å². The van der Waals surface area contributed by atoms with Crippen LogP contribution in [0.4, 0.5) is 0 Å². The maximum absolute atomic E-state index is 13.1. The second-order valence-corrected chi connectivity index (χ2v) is 7.88. The summed E-state index contributed by atoms with van der Waals surface area (Å²) in [6.07, 6.45) is 3.76. The third-order valence-electron chi connectivity index (χ3n) is 5.37. The Morgan fingerprint density at radius 2 is 2.06 bits per heavy atom. The van der Waals surface area contributed by atoms with Gasteiger partial charge in [-0.05, 0) is 42.3 Å². The highest BCUT2D eigenvalue weighted by atomic mass is 35.5. The zero-order chi connectivity index (χ0) is 22.0. The second kappa shape index (κ2) is 8.86. The number of phenolic OH excluding ortho intramolecular Hbond substituents is 1. The van der Waals surface area contributed by atoms with Crippen LogP contribution < -0.4 is 4.74 Å². The van der Waals surface area contributed by atoms with Crippen LogP contribution >= 0.6 is 11.6 Å². The van der Waals surface area contributed by atoms with E-state index in [1.54, 1.807) is 23.1 Å². The van der Waals surface area contributed by atoms with Gasteiger partial charge in [0.15, 0.2) is 0 Å². The molecule has 2 aromatic carbocycles. The van der Waals surface area contributed by atoms with E-state index in [1.165, 1.54) is 6.07 Å². The number of nitrogens with zero attached hydrogens (tertiary/aromatic N) is 2. The Labute approximate surface area is 186 Å². The van der Waals surface area contributed by atoms with Crippen LogP contribution in [0.1, 0.15) is 47.4 Å². The normalized spacial score (nSPS) is 15.2. The van der Waals surface area contributed by atoms with Crippen molar-refractivity contribution in [2.45, 2.75) is 25.8 Å². The molecular weight excluding hydrogens is 414 g/mol. The summed E-state index contributed by atoms with van der Waals surface area (Å²) in [5.74, 6) is 0.673. The average Bonchev–Trinajstić information content (AvgIpc) is 3.30. The lowest BCUT2D eigenvalue weighted by atomic mass is 9.95. The number of fused-ring (bicyclic) bond motifs is 1. The number of phenols is 1. The predicted octanol–water partition coefficient (Wildman–Crippen LogP) is 5.35. The van der Waals surface area contributed by atoms with Crippen molar-refractivity contribution in [1.29, 1.82) is 0 Å². The molecule has 1 aromatic heterocycles. The molecule has 0 spiro atoms. The van der Waals surface area contributed by atoms with Gasteiger partial charge < -0.3 is 14.7 Å². The number of benzene rings is 2. The van der Waals surface area contributed by atoms with Gasteiger partial charge in [-0.3, -0.25) is 9.89 Å². The molecule has 3 aromatic rings. The number of aromatic hydroxyl groups is 1. The van der Waals surface area contributed by atoms with E-state index in [-0.39, 0.29) is 17.7 Å². The molecule has 7 heteroatoms. The molecule has 31 heavy (non-hydrogen) atoms. The van der Waals surface area contributed by atoms with Crippen LogP contribution in [0.2, 0.25) is 5.02 Å². The number of halogens is 1. The lowest BCUT2D eigenvalue weighted by Crippen LogP contribution is -2.29. The van der Waals surface area contributed by atoms with E-state index >= 15 is 0 Å². The third kappa shape index (κ3) is 3.91. The van der Waals surface area contributed by atoms with Crippen LogP contribution in [0.5, 0.6) is 11.5 Å². The maximum atomic E-state index is 13.1. The Hall–Kier alpha value is -3.25. The van der Waals surface area contributed by atoms with Crippen molar-refractivity contribution < 1.29 is 14.6 Å². The second-order valence-electron chi connectivity index (χ2n) is 7.44. The monoisotopic (exact) mass is 437 g/mol. The van der Waals surface area contributed by atoms with Crippen molar-refractivity contribution in [1.82, 2.24) is 15.1 Å². The van der Waals surface area contributed by atoms with Gasteiger partial charge in [0, 0.05) is 22.7 Å². The van der Waals surface area contributed by atoms with E-state index in [0.29, 0.717) is 40.7 Å². The molecule has 0 bridgehead atoms. The molecule has 1 aliphatic heterocycles. The summed E-state index contributed by atoms with van der Waals surface area (Å²) in [6.45, 7) is 6.97.